The molecule has 1 heterocycles. The molecular weight excluding hydrogens is 162 g/mol. The molecule has 1 fully saturated rings. The van der Waals surface area contributed by atoms with E-state index in [1.165, 1.54) is 38.9 Å². The molecule has 0 aromatic rings. The average Bonchev–Trinajstić information content (AvgIpc) is 2.02. The molecule has 1 unspecified atom stereocenters. The monoisotopic (exact) mass is 185 g/mol. The van der Waals surface area contributed by atoms with Gasteiger partial charge in [-0.15, -0.1) is 0 Å². The van der Waals surface area contributed by atoms with Gasteiger partial charge >= 0.3 is 0 Å². The summed E-state index contributed by atoms with van der Waals surface area (Å²) in [4.78, 5) is 4.76. The van der Waals surface area contributed by atoms with Gasteiger partial charge in [-0.1, -0.05) is 0 Å². The molecule has 3 heteroatoms. The highest BCUT2D eigenvalue weighted by Crippen LogP contribution is 2.16. The Morgan fingerprint density at radius 1 is 1.38 bits per heavy atom. The first-order valence-electron chi connectivity index (χ1n) is 5.33. The molecule has 1 saturated heterocycles. The molecule has 0 amide bonds. The van der Waals surface area contributed by atoms with Crippen molar-refractivity contribution in [2.45, 2.75) is 25.3 Å². The van der Waals surface area contributed by atoms with Gasteiger partial charge in [0.2, 0.25) is 0 Å². The zero-order chi connectivity index (χ0) is 9.68. The largest absolute Gasteiger partial charge is 0.329 e. The lowest BCUT2D eigenvalue weighted by Gasteiger charge is -2.40. The van der Waals surface area contributed by atoms with Gasteiger partial charge in [-0.2, -0.15) is 0 Å². The molecule has 0 aliphatic carbocycles. The number of rotatable bonds is 6. The van der Waals surface area contributed by atoms with Crippen molar-refractivity contribution in [3.63, 3.8) is 0 Å². The maximum Gasteiger partial charge on any atom is 0.0230 e. The fraction of sp³-hybridized carbons (Fsp3) is 1.00. The maximum atomic E-state index is 5.63. The molecule has 1 rings (SSSR count). The molecule has 0 spiro atoms. The normalized spacial score (nSPS) is 23.5. The number of hydrogen-bond acceptors (Lipinski definition) is 3. The van der Waals surface area contributed by atoms with Gasteiger partial charge in [0.15, 0.2) is 0 Å². The lowest BCUT2D eigenvalue weighted by molar-refractivity contribution is 0.0940. The van der Waals surface area contributed by atoms with Gasteiger partial charge < -0.3 is 10.6 Å². The SMILES string of the molecule is CN(C)CCCCN1CCC1CN. The third-order valence-electron chi connectivity index (χ3n) is 2.84. The molecule has 0 aromatic heterocycles. The maximum absolute atomic E-state index is 5.63. The van der Waals surface area contributed by atoms with Crippen molar-refractivity contribution in [2.24, 2.45) is 5.73 Å². The zero-order valence-electron chi connectivity index (χ0n) is 9.00. The summed E-state index contributed by atoms with van der Waals surface area (Å²) in [6.45, 7) is 4.56. The first-order chi connectivity index (χ1) is 6.24. The van der Waals surface area contributed by atoms with Gasteiger partial charge in [0.05, 0.1) is 0 Å². The van der Waals surface area contributed by atoms with Gasteiger partial charge in [0, 0.05) is 19.1 Å². The van der Waals surface area contributed by atoms with Gasteiger partial charge in [0.1, 0.15) is 0 Å². The van der Waals surface area contributed by atoms with E-state index in [0.717, 1.165) is 6.54 Å². The highest BCUT2D eigenvalue weighted by molar-refractivity contribution is 4.82. The van der Waals surface area contributed by atoms with Crippen LogP contribution < -0.4 is 5.73 Å². The Balaban J connectivity index is 1.94. The second-order valence-electron chi connectivity index (χ2n) is 4.22. The summed E-state index contributed by atoms with van der Waals surface area (Å²) in [6, 6.07) is 0.694. The second kappa shape index (κ2) is 5.58. The predicted octanol–water partition coefficient (Wildman–Crippen LogP) is 0.361. The third-order valence-corrected chi connectivity index (χ3v) is 2.84. The Kier molecular flexibility index (Phi) is 4.70. The molecule has 1 aliphatic heterocycles. The molecule has 78 valence electrons. The summed E-state index contributed by atoms with van der Waals surface area (Å²) < 4.78 is 0. The fourth-order valence-electron chi connectivity index (χ4n) is 1.80. The fourth-order valence-corrected chi connectivity index (χ4v) is 1.80. The van der Waals surface area contributed by atoms with Crippen molar-refractivity contribution in [1.29, 1.82) is 0 Å². The van der Waals surface area contributed by atoms with Crippen molar-refractivity contribution in [3.8, 4) is 0 Å². The van der Waals surface area contributed by atoms with E-state index in [0.29, 0.717) is 6.04 Å². The van der Waals surface area contributed by atoms with Gasteiger partial charge in [-0.05, 0) is 46.4 Å². The summed E-state index contributed by atoms with van der Waals surface area (Å²) in [5.41, 5.74) is 5.63. The Morgan fingerprint density at radius 2 is 2.15 bits per heavy atom. The van der Waals surface area contributed by atoms with Crippen LogP contribution in [0.25, 0.3) is 0 Å². The van der Waals surface area contributed by atoms with Crippen LogP contribution >= 0.6 is 0 Å². The van der Waals surface area contributed by atoms with Gasteiger partial charge in [-0.25, -0.2) is 0 Å². The Bertz CT molecular complexity index is 134. The molecule has 1 aliphatic rings. The second-order valence-corrected chi connectivity index (χ2v) is 4.22. The van der Waals surface area contributed by atoms with Crippen LogP contribution in [0.1, 0.15) is 19.3 Å². The van der Waals surface area contributed by atoms with E-state index in [9.17, 15) is 0 Å². The first kappa shape index (κ1) is 11.0. The van der Waals surface area contributed by atoms with Crippen molar-refractivity contribution in [2.75, 3.05) is 40.3 Å². The minimum absolute atomic E-state index is 0.694. The van der Waals surface area contributed by atoms with Crippen LogP contribution in [0.3, 0.4) is 0 Å². The molecule has 0 aromatic carbocycles. The minimum Gasteiger partial charge on any atom is -0.329 e. The average molecular weight is 185 g/mol. The number of unbranched alkanes of at least 4 members (excludes halogenated alkanes) is 1. The lowest BCUT2D eigenvalue weighted by atomic mass is 10.0. The number of nitrogens with two attached hydrogens (primary N) is 1. The van der Waals surface area contributed by atoms with E-state index in [4.69, 9.17) is 5.73 Å². The molecule has 13 heavy (non-hydrogen) atoms. The summed E-state index contributed by atoms with van der Waals surface area (Å²) in [5.74, 6) is 0. The molecule has 0 bridgehead atoms. The smallest absolute Gasteiger partial charge is 0.0230 e. The van der Waals surface area contributed by atoms with Crippen molar-refractivity contribution >= 4 is 0 Å². The molecule has 0 saturated carbocycles. The van der Waals surface area contributed by atoms with Crippen LogP contribution in [-0.4, -0.2) is 56.1 Å². The Morgan fingerprint density at radius 3 is 2.62 bits per heavy atom. The number of nitrogens with zero attached hydrogens (tertiary/aromatic N) is 2. The highest BCUT2D eigenvalue weighted by Gasteiger charge is 2.25. The summed E-state index contributed by atoms with van der Waals surface area (Å²) in [6.07, 6.45) is 3.93. The van der Waals surface area contributed by atoms with Crippen molar-refractivity contribution in [3.05, 3.63) is 0 Å². The third kappa shape index (κ3) is 3.63. The van der Waals surface area contributed by atoms with Crippen molar-refractivity contribution in [1.82, 2.24) is 9.80 Å². The number of hydrogen-bond donors (Lipinski definition) is 1. The Labute approximate surface area is 81.9 Å². The van der Waals surface area contributed by atoms with Crippen LogP contribution in [-0.2, 0) is 0 Å². The van der Waals surface area contributed by atoms with Crippen LogP contribution in [0.15, 0.2) is 0 Å². The molecule has 1 atom stereocenters. The standard InChI is InChI=1S/C10H23N3/c1-12(2)6-3-4-7-13-8-5-10(13)9-11/h10H,3-9,11H2,1-2H3. The number of likely N-dealkylation sites (tertiary alicyclic amines) is 1. The molecule has 2 N–H and O–H groups in total. The van der Waals surface area contributed by atoms with Crippen LogP contribution in [0.4, 0.5) is 0 Å². The van der Waals surface area contributed by atoms with E-state index in [2.05, 4.69) is 23.9 Å². The zero-order valence-corrected chi connectivity index (χ0v) is 9.00. The Hall–Kier alpha value is -0.120. The van der Waals surface area contributed by atoms with E-state index in [1.807, 2.05) is 0 Å². The van der Waals surface area contributed by atoms with Crippen LogP contribution in [0.5, 0.6) is 0 Å². The van der Waals surface area contributed by atoms with Gasteiger partial charge in [0.25, 0.3) is 0 Å². The quantitative estimate of drug-likeness (QED) is 0.607. The predicted molar refractivity (Wildman–Crippen MR) is 56.8 cm³/mol. The first-order valence-corrected chi connectivity index (χ1v) is 5.33. The lowest BCUT2D eigenvalue weighted by Crippen LogP contribution is -2.51. The molecule has 3 nitrogen and oxygen atoms in total. The van der Waals surface area contributed by atoms with E-state index in [-0.39, 0.29) is 0 Å². The molecule has 0 radical (unpaired) electrons. The van der Waals surface area contributed by atoms with E-state index < -0.39 is 0 Å². The topological polar surface area (TPSA) is 32.5 Å². The minimum atomic E-state index is 0.694. The van der Waals surface area contributed by atoms with Crippen LogP contribution in [0, 0.1) is 0 Å². The molecular formula is C10H23N3. The van der Waals surface area contributed by atoms with Gasteiger partial charge in [-0.3, -0.25) is 4.90 Å². The van der Waals surface area contributed by atoms with Crippen LogP contribution in [0.2, 0.25) is 0 Å². The summed E-state index contributed by atoms with van der Waals surface area (Å²) in [7, 11) is 4.26. The van der Waals surface area contributed by atoms with Crippen molar-refractivity contribution < 1.29 is 0 Å². The summed E-state index contributed by atoms with van der Waals surface area (Å²) >= 11 is 0. The van der Waals surface area contributed by atoms with E-state index in [1.54, 1.807) is 0 Å². The summed E-state index contributed by atoms with van der Waals surface area (Å²) in [5, 5.41) is 0. The highest BCUT2D eigenvalue weighted by atomic mass is 15.2. The van der Waals surface area contributed by atoms with E-state index >= 15 is 0 Å².